The summed E-state index contributed by atoms with van der Waals surface area (Å²) in [6, 6.07) is 6.78. The highest BCUT2D eigenvalue weighted by molar-refractivity contribution is 5.38. The molecular weight excluding hydrogens is 292 g/mol. The van der Waals surface area contributed by atoms with Crippen molar-refractivity contribution < 1.29 is 4.63 Å². The quantitative estimate of drug-likeness (QED) is 0.826. The Morgan fingerprint density at radius 1 is 1.13 bits per heavy atom. The van der Waals surface area contributed by atoms with Gasteiger partial charge in [0.2, 0.25) is 0 Å². The van der Waals surface area contributed by atoms with Gasteiger partial charge in [-0.1, -0.05) is 16.4 Å². The first-order chi connectivity index (χ1) is 11.3. The van der Waals surface area contributed by atoms with E-state index >= 15 is 0 Å². The minimum Gasteiger partial charge on any atom is -0.354 e. The van der Waals surface area contributed by atoms with Gasteiger partial charge >= 0.3 is 0 Å². The van der Waals surface area contributed by atoms with Crippen LogP contribution in [0.4, 0.5) is 5.82 Å². The number of piperazine rings is 1. The molecule has 0 N–H and O–H groups in total. The van der Waals surface area contributed by atoms with Crippen molar-refractivity contribution in [1.82, 2.24) is 25.1 Å². The first kappa shape index (κ1) is 14.6. The van der Waals surface area contributed by atoms with E-state index in [2.05, 4.69) is 42.1 Å². The van der Waals surface area contributed by atoms with Crippen LogP contribution in [0.1, 0.15) is 11.4 Å². The predicted octanol–water partition coefficient (Wildman–Crippen LogP) is 0.779. The van der Waals surface area contributed by atoms with Crippen molar-refractivity contribution in [3.8, 4) is 0 Å². The van der Waals surface area contributed by atoms with Crippen LogP contribution in [0.3, 0.4) is 0 Å². The Bertz CT molecular complexity index is 631. The van der Waals surface area contributed by atoms with Crippen molar-refractivity contribution >= 4 is 5.82 Å². The van der Waals surface area contributed by atoms with E-state index in [9.17, 15) is 0 Å². The minimum absolute atomic E-state index is 0.668. The van der Waals surface area contributed by atoms with Crippen molar-refractivity contribution in [2.45, 2.75) is 19.5 Å². The highest BCUT2D eigenvalue weighted by atomic mass is 16.6. The average Bonchev–Trinajstić information content (AvgIpc) is 2.97. The predicted molar refractivity (Wildman–Crippen MR) is 86.1 cm³/mol. The van der Waals surface area contributed by atoms with E-state index in [1.807, 2.05) is 19.2 Å². The second kappa shape index (κ2) is 6.25. The van der Waals surface area contributed by atoms with Crippen molar-refractivity contribution in [1.29, 1.82) is 0 Å². The summed E-state index contributed by atoms with van der Waals surface area (Å²) in [5.74, 6) is 1.09. The molecule has 0 bridgehead atoms. The zero-order valence-electron chi connectivity index (χ0n) is 13.4. The summed E-state index contributed by atoms with van der Waals surface area (Å²) in [4.78, 5) is 11.8. The van der Waals surface area contributed by atoms with Gasteiger partial charge in [-0.3, -0.25) is 9.80 Å². The summed E-state index contributed by atoms with van der Waals surface area (Å²) in [5.41, 5.74) is 1.86. The SMILES string of the molecule is Cc1nonc1CN1CC(N2CCN(c3ccccn3)CC2)C1. The maximum atomic E-state index is 4.76. The fourth-order valence-electron chi connectivity index (χ4n) is 3.36. The number of likely N-dealkylation sites (tertiary alicyclic amines) is 1. The molecule has 0 spiro atoms. The lowest BCUT2D eigenvalue weighted by atomic mass is 10.1. The van der Waals surface area contributed by atoms with Crippen LogP contribution < -0.4 is 4.90 Å². The lowest BCUT2D eigenvalue weighted by Gasteiger charge is -2.48. The molecule has 2 saturated heterocycles. The van der Waals surface area contributed by atoms with Gasteiger partial charge in [-0.25, -0.2) is 9.61 Å². The van der Waals surface area contributed by atoms with Crippen LogP contribution in [0.15, 0.2) is 29.0 Å². The Hall–Kier alpha value is -1.99. The van der Waals surface area contributed by atoms with Gasteiger partial charge in [-0.2, -0.15) is 0 Å². The molecule has 0 saturated carbocycles. The van der Waals surface area contributed by atoms with Gasteiger partial charge < -0.3 is 4.90 Å². The monoisotopic (exact) mass is 314 g/mol. The second-order valence-electron chi connectivity index (χ2n) is 6.36. The molecule has 0 unspecified atom stereocenters. The van der Waals surface area contributed by atoms with E-state index in [1.54, 1.807) is 0 Å². The van der Waals surface area contributed by atoms with Gasteiger partial charge in [0.05, 0.1) is 0 Å². The molecule has 4 rings (SSSR count). The maximum absolute atomic E-state index is 4.76. The van der Waals surface area contributed by atoms with E-state index in [0.29, 0.717) is 6.04 Å². The molecule has 2 aromatic heterocycles. The fourth-order valence-corrected chi connectivity index (χ4v) is 3.36. The molecule has 7 nitrogen and oxygen atoms in total. The number of nitrogens with zero attached hydrogens (tertiary/aromatic N) is 6. The molecule has 2 aliphatic heterocycles. The zero-order valence-corrected chi connectivity index (χ0v) is 13.4. The Morgan fingerprint density at radius 3 is 2.61 bits per heavy atom. The molecule has 0 atom stereocenters. The molecule has 7 heteroatoms. The number of hydrogen-bond acceptors (Lipinski definition) is 7. The lowest BCUT2D eigenvalue weighted by Crippen LogP contribution is -2.62. The van der Waals surface area contributed by atoms with Crippen molar-refractivity contribution in [3.63, 3.8) is 0 Å². The molecule has 0 amide bonds. The summed E-state index contributed by atoms with van der Waals surface area (Å²) >= 11 is 0. The molecule has 2 fully saturated rings. The lowest BCUT2D eigenvalue weighted by molar-refractivity contribution is 0.0241. The van der Waals surface area contributed by atoms with Crippen LogP contribution in [-0.4, -0.2) is 70.4 Å². The number of aryl methyl sites for hydroxylation is 1. The summed E-state index contributed by atoms with van der Waals surface area (Å²) in [7, 11) is 0. The smallest absolute Gasteiger partial charge is 0.128 e. The Labute approximate surface area is 135 Å². The molecule has 2 aromatic rings. The standard InChI is InChI=1S/C16H22N6O/c1-13-15(19-23-18-13)12-20-10-14(11-20)21-6-8-22(9-7-21)16-4-2-3-5-17-16/h2-5,14H,6-12H2,1H3. The summed E-state index contributed by atoms with van der Waals surface area (Å²) in [6.45, 7) is 9.34. The number of rotatable bonds is 4. The minimum atomic E-state index is 0.668. The van der Waals surface area contributed by atoms with Crippen LogP contribution in [0.25, 0.3) is 0 Å². The molecule has 122 valence electrons. The summed E-state index contributed by atoms with van der Waals surface area (Å²) < 4.78 is 4.76. The van der Waals surface area contributed by atoms with Gasteiger partial charge in [0.15, 0.2) is 0 Å². The Morgan fingerprint density at radius 2 is 1.96 bits per heavy atom. The fraction of sp³-hybridized carbons (Fsp3) is 0.562. The van der Waals surface area contributed by atoms with E-state index in [-0.39, 0.29) is 0 Å². The van der Waals surface area contributed by atoms with Crippen LogP contribution in [0, 0.1) is 6.92 Å². The van der Waals surface area contributed by atoms with Crippen molar-refractivity contribution in [3.05, 3.63) is 35.8 Å². The van der Waals surface area contributed by atoms with Crippen molar-refractivity contribution in [2.75, 3.05) is 44.2 Å². The summed E-state index contributed by atoms with van der Waals surface area (Å²) in [6.07, 6.45) is 1.87. The van der Waals surface area contributed by atoms with Crippen LogP contribution in [0.2, 0.25) is 0 Å². The number of aromatic nitrogens is 3. The normalized spacial score (nSPS) is 20.7. The van der Waals surface area contributed by atoms with Gasteiger partial charge in [0, 0.05) is 58.1 Å². The molecule has 4 heterocycles. The summed E-state index contributed by atoms with van der Waals surface area (Å²) in [5, 5.41) is 7.80. The van der Waals surface area contributed by atoms with Crippen LogP contribution in [0.5, 0.6) is 0 Å². The van der Waals surface area contributed by atoms with Crippen molar-refractivity contribution in [2.24, 2.45) is 0 Å². The number of pyridine rings is 1. The third-order valence-corrected chi connectivity index (χ3v) is 4.86. The molecule has 0 radical (unpaired) electrons. The second-order valence-corrected chi connectivity index (χ2v) is 6.36. The molecule has 0 aliphatic carbocycles. The third kappa shape index (κ3) is 3.07. The maximum Gasteiger partial charge on any atom is 0.128 e. The Balaban J connectivity index is 1.24. The molecule has 23 heavy (non-hydrogen) atoms. The van der Waals surface area contributed by atoms with E-state index in [1.165, 1.54) is 0 Å². The topological polar surface area (TPSA) is 61.5 Å². The third-order valence-electron chi connectivity index (χ3n) is 4.86. The van der Waals surface area contributed by atoms with E-state index < -0.39 is 0 Å². The van der Waals surface area contributed by atoms with Gasteiger partial charge in [0.1, 0.15) is 17.2 Å². The van der Waals surface area contributed by atoms with Crippen LogP contribution >= 0.6 is 0 Å². The zero-order chi connectivity index (χ0) is 15.6. The first-order valence-electron chi connectivity index (χ1n) is 8.20. The number of hydrogen-bond donors (Lipinski definition) is 0. The first-order valence-corrected chi connectivity index (χ1v) is 8.20. The highest BCUT2D eigenvalue weighted by Gasteiger charge is 2.34. The van der Waals surface area contributed by atoms with Gasteiger partial charge in [-0.05, 0) is 19.1 Å². The molecule has 2 aliphatic rings. The van der Waals surface area contributed by atoms with E-state index in [4.69, 9.17) is 4.63 Å². The van der Waals surface area contributed by atoms with E-state index in [0.717, 1.165) is 63.0 Å². The number of anilines is 1. The Kier molecular flexibility index (Phi) is 3.97. The molecule has 0 aromatic carbocycles. The van der Waals surface area contributed by atoms with Gasteiger partial charge in [-0.15, -0.1) is 0 Å². The largest absolute Gasteiger partial charge is 0.354 e. The average molecular weight is 314 g/mol. The van der Waals surface area contributed by atoms with Gasteiger partial charge in [0.25, 0.3) is 0 Å². The van der Waals surface area contributed by atoms with Crippen LogP contribution in [-0.2, 0) is 6.54 Å². The molecular formula is C16H22N6O. The highest BCUT2D eigenvalue weighted by Crippen LogP contribution is 2.21.